The molecule has 5 nitrogen and oxygen atoms in total. The Labute approximate surface area is 117 Å². The van der Waals surface area contributed by atoms with Gasteiger partial charge in [-0.05, 0) is 24.3 Å². The Morgan fingerprint density at radius 2 is 1.79 bits per heavy atom. The number of anilines is 1. The number of hydrogen-bond donors (Lipinski definition) is 1. The van der Waals surface area contributed by atoms with Crippen molar-refractivity contribution in [2.24, 2.45) is 0 Å². The van der Waals surface area contributed by atoms with Crippen LogP contribution in [-0.2, 0) is 0 Å². The summed E-state index contributed by atoms with van der Waals surface area (Å²) in [6.45, 7) is 0. The van der Waals surface area contributed by atoms with Crippen LogP contribution in [0, 0.1) is 0 Å². The monoisotopic (exact) mass is 316 g/mol. The lowest BCUT2D eigenvalue weighted by Gasteiger charge is -2.05. The minimum Gasteiger partial charge on any atom is -0.423 e. The van der Waals surface area contributed by atoms with Gasteiger partial charge in [0.15, 0.2) is 0 Å². The number of fused-ring (bicyclic) bond motifs is 1. The molecule has 0 radical (unpaired) electrons. The third kappa shape index (κ3) is 2.63. The van der Waals surface area contributed by atoms with Crippen LogP contribution in [-0.4, -0.2) is 15.2 Å². The molecular formula is C13H9BrN4O. The molecule has 1 aromatic heterocycles. The van der Waals surface area contributed by atoms with Gasteiger partial charge in [0.05, 0.1) is 5.52 Å². The molecule has 0 unspecified atom stereocenters. The van der Waals surface area contributed by atoms with Crippen molar-refractivity contribution in [2.45, 2.75) is 0 Å². The first kappa shape index (κ1) is 11.9. The van der Waals surface area contributed by atoms with Crippen LogP contribution in [0.5, 0.6) is 11.8 Å². The van der Waals surface area contributed by atoms with Crippen LogP contribution in [0.1, 0.15) is 0 Å². The summed E-state index contributed by atoms with van der Waals surface area (Å²) in [6, 6.07) is 12.9. The van der Waals surface area contributed by atoms with E-state index in [1.54, 1.807) is 18.2 Å². The van der Waals surface area contributed by atoms with E-state index in [-0.39, 0.29) is 6.01 Å². The molecule has 6 heteroatoms. The number of halogens is 1. The molecule has 3 aromatic rings. The van der Waals surface area contributed by atoms with Crippen LogP contribution >= 0.6 is 15.9 Å². The molecule has 0 atom stereocenters. The minimum absolute atomic E-state index is 0.191. The van der Waals surface area contributed by atoms with Crippen molar-refractivity contribution in [3.05, 3.63) is 46.9 Å². The van der Waals surface area contributed by atoms with Crippen molar-refractivity contribution in [3.63, 3.8) is 0 Å². The Balaban J connectivity index is 1.96. The molecule has 19 heavy (non-hydrogen) atoms. The van der Waals surface area contributed by atoms with Crippen molar-refractivity contribution in [2.75, 3.05) is 5.73 Å². The third-order valence-corrected chi connectivity index (χ3v) is 2.90. The summed E-state index contributed by atoms with van der Waals surface area (Å²) in [7, 11) is 0. The first-order valence-electron chi connectivity index (χ1n) is 5.54. The van der Waals surface area contributed by atoms with Crippen molar-refractivity contribution in [1.29, 1.82) is 0 Å². The molecule has 2 aromatic carbocycles. The van der Waals surface area contributed by atoms with Crippen molar-refractivity contribution >= 4 is 32.7 Å². The fourth-order valence-corrected chi connectivity index (χ4v) is 2.15. The van der Waals surface area contributed by atoms with Crippen LogP contribution in [0.25, 0.3) is 11.0 Å². The molecule has 0 amide bonds. The van der Waals surface area contributed by atoms with E-state index in [1.807, 2.05) is 24.3 Å². The maximum Gasteiger partial charge on any atom is 0.341 e. The van der Waals surface area contributed by atoms with Gasteiger partial charge in [0.25, 0.3) is 0 Å². The van der Waals surface area contributed by atoms with Gasteiger partial charge in [-0.2, -0.15) is 4.98 Å². The molecule has 1 heterocycles. The largest absolute Gasteiger partial charge is 0.423 e. The van der Waals surface area contributed by atoms with Gasteiger partial charge >= 0.3 is 6.01 Å². The second-order valence-electron chi connectivity index (χ2n) is 3.91. The minimum atomic E-state index is 0.191. The Morgan fingerprint density at radius 3 is 2.58 bits per heavy atom. The molecule has 0 aliphatic carbocycles. The zero-order valence-electron chi connectivity index (χ0n) is 9.75. The zero-order chi connectivity index (χ0) is 13.2. The van der Waals surface area contributed by atoms with Gasteiger partial charge in [0.1, 0.15) is 11.3 Å². The standard InChI is InChI=1S/C13H9BrN4O/c14-8-5-9(15)7-10(6-8)19-13-16-11-3-1-2-4-12(11)17-18-13/h1-7H,15H2. The van der Waals surface area contributed by atoms with Gasteiger partial charge in [-0.1, -0.05) is 33.2 Å². The molecule has 3 rings (SSSR count). The lowest BCUT2D eigenvalue weighted by atomic mass is 10.3. The maximum atomic E-state index is 5.74. The van der Waals surface area contributed by atoms with Gasteiger partial charge in [0.2, 0.25) is 0 Å². The zero-order valence-corrected chi connectivity index (χ0v) is 11.3. The van der Waals surface area contributed by atoms with Crippen LogP contribution in [0.2, 0.25) is 0 Å². The number of nitrogen functional groups attached to an aromatic ring is 1. The Hall–Kier alpha value is -2.21. The first-order chi connectivity index (χ1) is 9.20. The molecular weight excluding hydrogens is 308 g/mol. The summed E-state index contributed by atoms with van der Waals surface area (Å²) in [6.07, 6.45) is 0. The molecule has 0 aliphatic rings. The van der Waals surface area contributed by atoms with Crippen LogP contribution < -0.4 is 10.5 Å². The number of aromatic nitrogens is 3. The fourth-order valence-electron chi connectivity index (χ4n) is 1.66. The van der Waals surface area contributed by atoms with Crippen LogP contribution in [0.3, 0.4) is 0 Å². The SMILES string of the molecule is Nc1cc(Br)cc(Oc2nnc3ccccc3n2)c1. The normalized spacial score (nSPS) is 10.6. The van der Waals surface area contributed by atoms with Gasteiger partial charge in [-0.15, -0.1) is 5.10 Å². The van der Waals surface area contributed by atoms with E-state index in [0.29, 0.717) is 11.4 Å². The number of nitrogens with two attached hydrogens (primary N) is 1. The Bertz CT molecular complexity index is 727. The van der Waals surface area contributed by atoms with Gasteiger partial charge in [-0.3, -0.25) is 0 Å². The second-order valence-corrected chi connectivity index (χ2v) is 4.82. The predicted molar refractivity (Wildman–Crippen MR) is 76.0 cm³/mol. The van der Waals surface area contributed by atoms with E-state index < -0.39 is 0 Å². The molecule has 0 saturated heterocycles. The van der Waals surface area contributed by atoms with E-state index in [9.17, 15) is 0 Å². The molecule has 0 saturated carbocycles. The highest BCUT2D eigenvalue weighted by Crippen LogP contribution is 2.26. The van der Waals surface area contributed by atoms with Crippen molar-refractivity contribution in [1.82, 2.24) is 15.2 Å². The third-order valence-electron chi connectivity index (χ3n) is 2.44. The maximum absolute atomic E-state index is 5.74. The van der Waals surface area contributed by atoms with Gasteiger partial charge in [-0.25, -0.2) is 0 Å². The van der Waals surface area contributed by atoms with Crippen molar-refractivity contribution in [3.8, 4) is 11.8 Å². The summed E-state index contributed by atoms with van der Waals surface area (Å²) in [5, 5.41) is 7.96. The molecule has 0 bridgehead atoms. The number of rotatable bonds is 2. The topological polar surface area (TPSA) is 73.9 Å². The number of benzene rings is 2. The quantitative estimate of drug-likeness (QED) is 0.735. The first-order valence-corrected chi connectivity index (χ1v) is 6.33. The lowest BCUT2D eigenvalue weighted by Crippen LogP contribution is -1.96. The van der Waals surface area contributed by atoms with E-state index in [2.05, 4.69) is 31.1 Å². The molecule has 94 valence electrons. The van der Waals surface area contributed by atoms with Crippen molar-refractivity contribution < 1.29 is 4.74 Å². The highest BCUT2D eigenvalue weighted by atomic mass is 79.9. The highest BCUT2D eigenvalue weighted by Gasteiger charge is 2.05. The second kappa shape index (κ2) is 4.81. The summed E-state index contributed by atoms with van der Waals surface area (Å²) < 4.78 is 6.38. The van der Waals surface area contributed by atoms with Crippen LogP contribution in [0.4, 0.5) is 5.69 Å². The Kier molecular flexibility index (Phi) is 3.00. The average molecular weight is 317 g/mol. The van der Waals surface area contributed by atoms with E-state index in [1.165, 1.54) is 0 Å². The predicted octanol–water partition coefficient (Wildman–Crippen LogP) is 3.16. The Morgan fingerprint density at radius 1 is 1.00 bits per heavy atom. The van der Waals surface area contributed by atoms with Gasteiger partial charge < -0.3 is 10.5 Å². The summed E-state index contributed by atoms with van der Waals surface area (Å²) in [5.74, 6) is 0.559. The van der Waals surface area contributed by atoms with E-state index in [4.69, 9.17) is 10.5 Å². The summed E-state index contributed by atoms with van der Waals surface area (Å²) in [5.41, 5.74) is 7.79. The number of ether oxygens (including phenoxy) is 1. The smallest absolute Gasteiger partial charge is 0.341 e. The summed E-state index contributed by atoms with van der Waals surface area (Å²) in [4.78, 5) is 4.28. The fraction of sp³-hybridized carbons (Fsp3) is 0. The van der Waals surface area contributed by atoms with E-state index >= 15 is 0 Å². The average Bonchev–Trinajstić information content (AvgIpc) is 2.37. The number of nitrogens with zero attached hydrogens (tertiary/aromatic N) is 3. The molecule has 2 N–H and O–H groups in total. The molecule has 0 fully saturated rings. The summed E-state index contributed by atoms with van der Waals surface area (Å²) >= 11 is 3.35. The number of hydrogen-bond acceptors (Lipinski definition) is 5. The van der Waals surface area contributed by atoms with Gasteiger partial charge in [0, 0.05) is 16.2 Å². The number of para-hydroxylation sites is 1. The van der Waals surface area contributed by atoms with E-state index in [0.717, 1.165) is 15.5 Å². The highest BCUT2D eigenvalue weighted by molar-refractivity contribution is 9.10. The molecule has 0 aliphatic heterocycles. The van der Waals surface area contributed by atoms with Crippen LogP contribution in [0.15, 0.2) is 46.9 Å². The lowest BCUT2D eigenvalue weighted by molar-refractivity contribution is 0.437. The molecule has 0 spiro atoms.